The molecule has 0 radical (unpaired) electrons. The maximum atomic E-state index is 4.29. The van der Waals surface area contributed by atoms with E-state index in [1.807, 2.05) is 4.68 Å². The highest BCUT2D eigenvalue weighted by Gasteiger charge is 2.12. The van der Waals surface area contributed by atoms with Crippen molar-refractivity contribution in [2.75, 3.05) is 0 Å². The highest BCUT2D eigenvalue weighted by molar-refractivity contribution is 5.21. The van der Waals surface area contributed by atoms with Crippen LogP contribution in [0.1, 0.15) is 55.3 Å². The fraction of sp³-hybridized carbons (Fsp3) is 0.556. The Morgan fingerprint density at radius 1 is 1.09 bits per heavy atom. The monoisotopic (exact) mass is 298 g/mol. The molecule has 118 valence electrons. The van der Waals surface area contributed by atoms with Gasteiger partial charge >= 0.3 is 0 Å². The lowest BCUT2D eigenvalue weighted by Crippen LogP contribution is -2.28. The first kappa shape index (κ1) is 15.2. The van der Waals surface area contributed by atoms with E-state index in [1.165, 1.54) is 49.7 Å². The van der Waals surface area contributed by atoms with E-state index in [1.54, 1.807) is 0 Å². The van der Waals surface area contributed by atoms with Crippen LogP contribution in [0.3, 0.4) is 0 Å². The molecular weight excluding hydrogens is 272 g/mol. The molecule has 22 heavy (non-hydrogen) atoms. The number of benzene rings is 1. The van der Waals surface area contributed by atoms with Crippen molar-refractivity contribution in [3.05, 3.63) is 47.3 Å². The SMILES string of the molecule is Cc1ccc(Cn2cc(CNC3CCCCCC3)nn2)cc1. The summed E-state index contributed by atoms with van der Waals surface area (Å²) in [6.07, 6.45) is 10.2. The summed E-state index contributed by atoms with van der Waals surface area (Å²) in [4.78, 5) is 0. The first-order valence-electron chi connectivity index (χ1n) is 8.47. The predicted octanol–water partition coefficient (Wildman–Crippen LogP) is 3.45. The van der Waals surface area contributed by atoms with E-state index in [-0.39, 0.29) is 0 Å². The molecule has 1 aromatic carbocycles. The summed E-state index contributed by atoms with van der Waals surface area (Å²) in [7, 11) is 0. The Morgan fingerprint density at radius 3 is 2.55 bits per heavy atom. The molecule has 4 nitrogen and oxygen atoms in total. The summed E-state index contributed by atoms with van der Waals surface area (Å²) in [5.74, 6) is 0. The number of nitrogens with zero attached hydrogens (tertiary/aromatic N) is 3. The third kappa shape index (κ3) is 4.41. The van der Waals surface area contributed by atoms with Gasteiger partial charge in [0.1, 0.15) is 0 Å². The Hall–Kier alpha value is -1.68. The average Bonchev–Trinajstić information content (AvgIpc) is 2.81. The fourth-order valence-corrected chi connectivity index (χ4v) is 3.11. The first-order valence-corrected chi connectivity index (χ1v) is 8.47. The molecule has 0 spiro atoms. The van der Waals surface area contributed by atoms with E-state index in [0.717, 1.165) is 18.8 Å². The van der Waals surface area contributed by atoms with Crippen molar-refractivity contribution in [1.82, 2.24) is 20.3 Å². The summed E-state index contributed by atoms with van der Waals surface area (Å²) in [5.41, 5.74) is 3.59. The third-order valence-corrected chi connectivity index (χ3v) is 4.48. The van der Waals surface area contributed by atoms with Crippen LogP contribution in [-0.4, -0.2) is 21.0 Å². The van der Waals surface area contributed by atoms with E-state index in [4.69, 9.17) is 0 Å². The Kier molecular flexibility index (Phi) is 5.22. The van der Waals surface area contributed by atoms with Gasteiger partial charge < -0.3 is 5.32 Å². The number of hydrogen-bond acceptors (Lipinski definition) is 3. The molecular formula is C18H26N4. The van der Waals surface area contributed by atoms with Crippen LogP contribution in [0, 0.1) is 6.92 Å². The van der Waals surface area contributed by atoms with Crippen molar-refractivity contribution in [1.29, 1.82) is 0 Å². The summed E-state index contributed by atoms with van der Waals surface area (Å²) in [5, 5.41) is 12.2. The lowest BCUT2D eigenvalue weighted by Gasteiger charge is -2.14. The van der Waals surface area contributed by atoms with Crippen molar-refractivity contribution >= 4 is 0 Å². The van der Waals surface area contributed by atoms with Crippen molar-refractivity contribution in [3.8, 4) is 0 Å². The molecule has 1 aliphatic carbocycles. The number of nitrogens with one attached hydrogen (secondary N) is 1. The van der Waals surface area contributed by atoms with Crippen LogP contribution in [0.5, 0.6) is 0 Å². The molecule has 3 rings (SSSR count). The summed E-state index contributed by atoms with van der Waals surface area (Å²) >= 11 is 0. The minimum atomic E-state index is 0.657. The highest BCUT2D eigenvalue weighted by atomic mass is 15.4. The molecule has 2 aromatic rings. The second-order valence-corrected chi connectivity index (χ2v) is 6.46. The van der Waals surface area contributed by atoms with Gasteiger partial charge in [-0.05, 0) is 25.3 Å². The largest absolute Gasteiger partial charge is 0.308 e. The van der Waals surface area contributed by atoms with E-state index >= 15 is 0 Å². The first-order chi connectivity index (χ1) is 10.8. The molecule has 0 bridgehead atoms. The molecule has 0 amide bonds. The summed E-state index contributed by atoms with van der Waals surface area (Å²) < 4.78 is 1.93. The molecule has 0 unspecified atom stereocenters. The van der Waals surface area contributed by atoms with E-state index in [0.29, 0.717) is 6.04 Å². The molecule has 0 saturated heterocycles. The molecule has 1 aromatic heterocycles. The second-order valence-electron chi connectivity index (χ2n) is 6.46. The molecule has 0 aliphatic heterocycles. The number of aromatic nitrogens is 3. The van der Waals surface area contributed by atoms with Crippen molar-refractivity contribution < 1.29 is 0 Å². The van der Waals surface area contributed by atoms with E-state index in [2.05, 4.69) is 53.0 Å². The zero-order valence-electron chi connectivity index (χ0n) is 13.5. The quantitative estimate of drug-likeness (QED) is 0.860. The van der Waals surface area contributed by atoms with E-state index in [9.17, 15) is 0 Å². The van der Waals surface area contributed by atoms with Crippen molar-refractivity contribution in [2.24, 2.45) is 0 Å². The zero-order chi connectivity index (χ0) is 15.2. The van der Waals surface area contributed by atoms with Crippen LogP contribution in [0.15, 0.2) is 30.5 Å². The Balaban J connectivity index is 1.51. The van der Waals surface area contributed by atoms with Gasteiger partial charge in [-0.15, -0.1) is 5.10 Å². The normalized spacial score (nSPS) is 16.6. The number of aryl methyl sites for hydroxylation is 1. The minimum absolute atomic E-state index is 0.657. The smallest absolute Gasteiger partial charge is 0.0965 e. The van der Waals surface area contributed by atoms with Gasteiger partial charge in [-0.3, -0.25) is 0 Å². The van der Waals surface area contributed by atoms with Gasteiger partial charge in [0.25, 0.3) is 0 Å². The summed E-state index contributed by atoms with van der Waals surface area (Å²) in [6, 6.07) is 9.24. The zero-order valence-corrected chi connectivity index (χ0v) is 13.5. The van der Waals surface area contributed by atoms with Crippen molar-refractivity contribution in [2.45, 2.75) is 64.6 Å². The lowest BCUT2D eigenvalue weighted by atomic mass is 10.1. The van der Waals surface area contributed by atoms with Gasteiger partial charge in [-0.25, -0.2) is 4.68 Å². The topological polar surface area (TPSA) is 42.7 Å². The summed E-state index contributed by atoms with van der Waals surface area (Å²) in [6.45, 7) is 3.73. The molecule has 4 heteroatoms. The Bertz CT molecular complexity index is 565. The molecule has 1 heterocycles. The lowest BCUT2D eigenvalue weighted by molar-refractivity contribution is 0.456. The van der Waals surface area contributed by atoms with Gasteiger partial charge in [-0.1, -0.05) is 60.7 Å². The molecule has 1 N–H and O–H groups in total. The van der Waals surface area contributed by atoms with E-state index < -0.39 is 0 Å². The standard InChI is InChI=1S/C18H26N4/c1-15-8-10-16(11-9-15)13-22-14-18(20-21-22)12-19-17-6-4-2-3-5-7-17/h8-11,14,17,19H,2-7,12-13H2,1H3. The van der Waals surface area contributed by atoms with Gasteiger partial charge in [-0.2, -0.15) is 0 Å². The third-order valence-electron chi connectivity index (χ3n) is 4.48. The van der Waals surface area contributed by atoms with Crippen LogP contribution in [-0.2, 0) is 13.1 Å². The molecule has 1 saturated carbocycles. The van der Waals surface area contributed by atoms with Gasteiger partial charge in [0.05, 0.1) is 18.4 Å². The highest BCUT2D eigenvalue weighted by Crippen LogP contribution is 2.17. The van der Waals surface area contributed by atoms with Crippen LogP contribution in [0.25, 0.3) is 0 Å². The maximum Gasteiger partial charge on any atom is 0.0965 e. The molecule has 1 aliphatic rings. The van der Waals surface area contributed by atoms with Crippen LogP contribution in [0.4, 0.5) is 0 Å². The second kappa shape index (κ2) is 7.54. The predicted molar refractivity (Wildman–Crippen MR) is 88.6 cm³/mol. The van der Waals surface area contributed by atoms with Crippen LogP contribution >= 0.6 is 0 Å². The van der Waals surface area contributed by atoms with Crippen LogP contribution in [0.2, 0.25) is 0 Å². The van der Waals surface area contributed by atoms with Crippen LogP contribution < -0.4 is 5.32 Å². The molecule has 0 atom stereocenters. The average molecular weight is 298 g/mol. The number of hydrogen-bond donors (Lipinski definition) is 1. The van der Waals surface area contributed by atoms with Crippen molar-refractivity contribution in [3.63, 3.8) is 0 Å². The maximum absolute atomic E-state index is 4.29. The van der Waals surface area contributed by atoms with Gasteiger partial charge in [0.15, 0.2) is 0 Å². The minimum Gasteiger partial charge on any atom is -0.308 e. The van der Waals surface area contributed by atoms with Gasteiger partial charge in [0, 0.05) is 12.6 Å². The number of rotatable bonds is 5. The fourth-order valence-electron chi connectivity index (χ4n) is 3.11. The molecule has 1 fully saturated rings. The Labute approximate surface area is 132 Å². The van der Waals surface area contributed by atoms with Gasteiger partial charge in [0.2, 0.25) is 0 Å². The Morgan fingerprint density at radius 2 is 1.82 bits per heavy atom.